The molecule has 0 fully saturated rings. The van der Waals surface area contributed by atoms with Crippen LogP contribution in [0.15, 0.2) is 18.2 Å². The maximum atomic E-state index is 13.4. The molecule has 0 spiro atoms. The number of nitrogens with one attached hydrogen (secondary N) is 1. The van der Waals surface area contributed by atoms with Crippen molar-refractivity contribution < 1.29 is 23.8 Å². The second kappa shape index (κ2) is 6.72. The summed E-state index contributed by atoms with van der Waals surface area (Å²) in [6.45, 7) is 1.66. The molecule has 6 heteroatoms. The molecule has 0 radical (unpaired) electrons. The van der Waals surface area contributed by atoms with Crippen molar-refractivity contribution in [2.24, 2.45) is 0 Å². The Morgan fingerprint density at radius 3 is 2.63 bits per heavy atom. The number of carbonyl (C=O) groups excluding carboxylic acids is 1. The van der Waals surface area contributed by atoms with E-state index in [2.05, 4.69) is 5.32 Å². The minimum atomic E-state index is -1.09. The van der Waals surface area contributed by atoms with Gasteiger partial charge in [0.05, 0.1) is 13.5 Å². The van der Waals surface area contributed by atoms with Gasteiger partial charge in [-0.2, -0.15) is 0 Å². The molecule has 1 aromatic rings. The number of carboxylic acids is 1. The molecule has 0 saturated heterocycles. The lowest BCUT2D eigenvalue weighted by Gasteiger charge is -2.12. The van der Waals surface area contributed by atoms with E-state index in [0.717, 1.165) is 0 Å². The number of rotatable bonds is 6. The summed E-state index contributed by atoms with van der Waals surface area (Å²) in [4.78, 5) is 22.4. The molecule has 0 bridgehead atoms. The van der Waals surface area contributed by atoms with Crippen LogP contribution < -0.4 is 10.1 Å². The van der Waals surface area contributed by atoms with Crippen LogP contribution in [0.25, 0.3) is 0 Å². The number of hydrogen-bond donors (Lipinski definition) is 2. The molecule has 1 amide bonds. The monoisotopic (exact) mass is 269 g/mol. The summed E-state index contributed by atoms with van der Waals surface area (Å²) in [6, 6.07) is 3.26. The molecule has 2 N–H and O–H groups in total. The topological polar surface area (TPSA) is 75.6 Å². The third-order valence-corrected chi connectivity index (χ3v) is 2.62. The van der Waals surface area contributed by atoms with E-state index in [4.69, 9.17) is 9.84 Å². The smallest absolute Gasteiger partial charge is 0.326 e. The first-order valence-corrected chi connectivity index (χ1v) is 5.82. The Hall–Kier alpha value is -2.11. The zero-order chi connectivity index (χ0) is 14.4. The van der Waals surface area contributed by atoms with Gasteiger partial charge in [-0.25, -0.2) is 9.18 Å². The van der Waals surface area contributed by atoms with Crippen LogP contribution in [0.4, 0.5) is 4.39 Å². The molecule has 0 aromatic heterocycles. The third kappa shape index (κ3) is 4.24. The van der Waals surface area contributed by atoms with E-state index in [-0.39, 0.29) is 18.6 Å². The summed E-state index contributed by atoms with van der Waals surface area (Å²) in [5, 5.41) is 11.2. The number of hydrogen-bond acceptors (Lipinski definition) is 3. The predicted molar refractivity (Wildman–Crippen MR) is 66.5 cm³/mol. The van der Waals surface area contributed by atoms with E-state index in [9.17, 15) is 14.0 Å². The molecule has 104 valence electrons. The molecule has 1 atom stereocenters. The molecule has 0 aliphatic rings. The van der Waals surface area contributed by atoms with Gasteiger partial charge in [0, 0.05) is 0 Å². The van der Waals surface area contributed by atoms with E-state index >= 15 is 0 Å². The van der Waals surface area contributed by atoms with Crippen molar-refractivity contribution in [3.63, 3.8) is 0 Å². The van der Waals surface area contributed by atoms with Crippen molar-refractivity contribution in [3.05, 3.63) is 29.6 Å². The van der Waals surface area contributed by atoms with Crippen molar-refractivity contribution >= 4 is 11.9 Å². The summed E-state index contributed by atoms with van der Waals surface area (Å²) in [7, 11) is 1.35. The molecule has 0 saturated carbocycles. The second-order valence-corrected chi connectivity index (χ2v) is 4.01. The van der Waals surface area contributed by atoms with Crippen LogP contribution >= 0.6 is 0 Å². The molecule has 19 heavy (non-hydrogen) atoms. The van der Waals surface area contributed by atoms with Crippen LogP contribution in [0, 0.1) is 5.82 Å². The van der Waals surface area contributed by atoms with E-state index in [1.807, 2.05) is 0 Å². The highest BCUT2D eigenvalue weighted by Gasteiger charge is 2.17. The fourth-order valence-electron chi connectivity index (χ4n) is 1.59. The number of ether oxygens (including phenoxy) is 1. The molecule has 0 heterocycles. The van der Waals surface area contributed by atoms with Gasteiger partial charge in [0.25, 0.3) is 0 Å². The fourth-order valence-corrected chi connectivity index (χ4v) is 1.59. The molecule has 0 aliphatic carbocycles. The average Bonchev–Trinajstić information content (AvgIpc) is 2.35. The lowest BCUT2D eigenvalue weighted by molar-refractivity contribution is -0.141. The van der Waals surface area contributed by atoms with Crippen molar-refractivity contribution in [2.75, 3.05) is 7.11 Å². The zero-order valence-electron chi connectivity index (χ0n) is 10.8. The highest BCUT2D eigenvalue weighted by atomic mass is 19.1. The summed E-state index contributed by atoms with van der Waals surface area (Å²) >= 11 is 0. The Kier molecular flexibility index (Phi) is 5.29. The Labute approximate surface area is 110 Å². The maximum absolute atomic E-state index is 13.4. The molecule has 0 unspecified atom stereocenters. The van der Waals surface area contributed by atoms with Gasteiger partial charge in [-0.05, 0) is 24.1 Å². The average molecular weight is 269 g/mol. The minimum absolute atomic E-state index is 0.0787. The quantitative estimate of drug-likeness (QED) is 0.817. The molecule has 1 rings (SSSR count). The van der Waals surface area contributed by atoms with Gasteiger partial charge >= 0.3 is 5.97 Å². The van der Waals surface area contributed by atoms with Gasteiger partial charge in [0.2, 0.25) is 5.91 Å². The number of aliphatic carboxylic acids is 1. The molecule has 5 nitrogen and oxygen atoms in total. The lowest BCUT2D eigenvalue weighted by atomic mass is 10.1. The summed E-state index contributed by atoms with van der Waals surface area (Å²) in [6.07, 6.45) is 0.211. The maximum Gasteiger partial charge on any atom is 0.326 e. The van der Waals surface area contributed by atoms with Crippen molar-refractivity contribution in [1.82, 2.24) is 5.32 Å². The first-order chi connectivity index (χ1) is 8.97. The number of carbonyl (C=O) groups is 2. The van der Waals surface area contributed by atoms with E-state index in [1.165, 1.54) is 19.2 Å². The normalized spacial score (nSPS) is 11.7. The predicted octanol–water partition coefficient (Wildman–Crippen LogP) is 1.36. The van der Waals surface area contributed by atoms with Crippen LogP contribution in [-0.2, 0) is 16.0 Å². The highest BCUT2D eigenvalue weighted by Crippen LogP contribution is 2.17. The summed E-state index contributed by atoms with van der Waals surface area (Å²) in [5.74, 6) is -2.00. The van der Waals surface area contributed by atoms with Crippen LogP contribution in [0.2, 0.25) is 0 Å². The third-order valence-electron chi connectivity index (χ3n) is 2.62. The van der Waals surface area contributed by atoms with Crippen LogP contribution in [-0.4, -0.2) is 30.1 Å². The minimum Gasteiger partial charge on any atom is -0.494 e. The Morgan fingerprint density at radius 2 is 2.16 bits per heavy atom. The van der Waals surface area contributed by atoms with Gasteiger partial charge in [0.1, 0.15) is 6.04 Å². The van der Waals surface area contributed by atoms with Gasteiger partial charge < -0.3 is 15.2 Å². The van der Waals surface area contributed by atoms with E-state index < -0.39 is 23.7 Å². The van der Waals surface area contributed by atoms with Crippen molar-refractivity contribution in [1.29, 1.82) is 0 Å². The van der Waals surface area contributed by atoms with Gasteiger partial charge in [-0.15, -0.1) is 0 Å². The molecule has 0 aliphatic heterocycles. The Morgan fingerprint density at radius 1 is 1.47 bits per heavy atom. The standard InChI is InChI=1S/C13H16FNO4/c1-3-10(13(17)18)15-12(16)7-8-4-5-11(19-2)9(14)6-8/h4-6,10H,3,7H2,1-2H3,(H,15,16)(H,17,18)/t10-/m0/s1. The van der Waals surface area contributed by atoms with Crippen LogP contribution in [0.1, 0.15) is 18.9 Å². The van der Waals surface area contributed by atoms with Gasteiger partial charge in [-0.1, -0.05) is 13.0 Å². The van der Waals surface area contributed by atoms with Crippen LogP contribution in [0.5, 0.6) is 5.75 Å². The Bertz CT molecular complexity index is 476. The number of carboxylic acid groups (broad SMARTS) is 1. The van der Waals surface area contributed by atoms with Crippen molar-refractivity contribution in [2.45, 2.75) is 25.8 Å². The molecular formula is C13H16FNO4. The molecular weight excluding hydrogens is 253 g/mol. The van der Waals surface area contributed by atoms with Crippen LogP contribution in [0.3, 0.4) is 0 Å². The second-order valence-electron chi connectivity index (χ2n) is 4.01. The first kappa shape index (κ1) is 14.9. The Balaban J connectivity index is 2.67. The van der Waals surface area contributed by atoms with Gasteiger partial charge in [0.15, 0.2) is 11.6 Å². The lowest BCUT2D eigenvalue weighted by Crippen LogP contribution is -2.40. The first-order valence-electron chi connectivity index (χ1n) is 5.82. The fraction of sp³-hybridized carbons (Fsp3) is 0.385. The number of halogens is 1. The largest absolute Gasteiger partial charge is 0.494 e. The SMILES string of the molecule is CC[C@H](NC(=O)Cc1ccc(OC)c(F)c1)C(=O)O. The summed E-state index contributed by atoms with van der Waals surface area (Å²) in [5.41, 5.74) is 0.455. The van der Waals surface area contributed by atoms with Crippen molar-refractivity contribution in [3.8, 4) is 5.75 Å². The van der Waals surface area contributed by atoms with Gasteiger partial charge in [-0.3, -0.25) is 4.79 Å². The summed E-state index contributed by atoms with van der Waals surface area (Å²) < 4.78 is 18.2. The number of benzene rings is 1. The zero-order valence-corrected chi connectivity index (χ0v) is 10.8. The molecule has 1 aromatic carbocycles. The highest BCUT2D eigenvalue weighted by molar-refractivity contribution is 5.84. The number of methoxy groups -OCH3 is 1. The number of amides is 1. The van der Waals surface area contributed by atoms with E-state index in [0.29, 0.717) is 5.56 Å². The van der Waals surface area contributed by atoms with E-state index in [1.54, 1.807) is 13.0 Å².